The van der Waals surface area contributed by atoms with Crippen LogP contribution in [0.25, 0.3) is 0 Å². The molecule has 3 aliphatic rings. The standard InChI is InChI=1S/C17H20FNO2/c1-15-10-21-17(9-11(15)7-8-16(15,17)2)14(20)19-13-6-4-3-5-12(13)18/h3-6,11H,7-10H2,1-2H3,(H,19,20)/t11-,15-,16-,17+/m0/s1. The number of carbonyl (C=O) groups is 1. The fourth-order valence-corrected chi connectivity index (χ4v) is 5.04. The molecule has 0 aromatic heterocycles. The van der Waals surface area contributed by atoms with E-state index in [-0.39, 0.29) is 22.4 Å². The molecule has 1 heterocycles. The van der Waals surface area contributed by atoms with Gasteiger partial charge in [-0.2, -0.15) is 0 Å². The lowest BCUT2D eigenvalue weighted by Crippen LogP contribution is -2.52. The molecule has 0 unspecified atom stereocenters. The molecule has 4 bridgehead atoms. The highest BCUT2D eigenvalue weighted by Crippen LogP contribution is 2.75. The molecule has 1 aromatic carbocycles. The molecular formula is C17H20FNO2. The van der Waals surface area contributed by atoms with Crippen LogP contribution in [0.15, 0.2) is 24.3 Å². The second-order valence-electron chi connectivity index (χ2n) is 7.24. The van der Waals surface area contributed by atoms with E-state index >= 15 is 0 Å². The molecule has 3 fully saturated rings. The highest BCUT2D eigenvalue weighted by Gasteiger charge is 2.78. The van der Waals surface area contributed by atoms with Crippen LogP contribution in [-0.4, -0.2) is 18.1 Å². The lowest BCUT2D eigenvalue weighted by molar-refractivity contribution is -0.149. The number of amides is 1. The van der Waals surface area contributed by atoms with Crippen LogP contribution >= 0.6 is 0 Å². The Morgan fingerprint density at radius 3 is 2.81 bits per heavy atom. The fourth-order valence-electron chi connectivity index (χ4n) is 5.04. The number of nitrogens with one attached hydrogen (secondary N) is 1. The molecule has 4 heteroatoms. The summed E-state index contributed by atoms with van der Waals surface area (Å²) in [6.45, 7) is 5.06. The van der Waals surface area contributed by atoms with Crippen LogP contribution in [0.1, 0.15) is 33.1 Å². The summed E-state index contributed by atoms with van der Waals surface area (Å²) in [5, 5.41) is 2.76. The van der Waals surface area contributed by atoms with Gasteiger partial charge in [0.25, 0.3) is 5.91 Å². The average Bonchev–Trinajstić information content (AvgIpc) is 2.93. The van der Waals surface area contributed by atoms with Gasteiger partial charge in [0.2, 0.25) is 0 Å². The lowest BCUT2D eigenvalue weighted by atomic mass is 9.66. The third kappa shape index (κ3) is 1.35. The Labute approximate surface area is 123 Å². The largest absolute Gasteiger partial charge is 0.364 e. The zero-order valence-electron chi connectivity index (χ0n) is 12.4. The number of hydrogen-bond acceptors (Lipinski definition) is 2. The summed E-state index contributed by atoms with van der Waals surface area (Å²) >= 11 is 0. The Balaban J connectivity index is 1.68. The quantitative estimate of drug-likeness (QED) is 0.906. The zero-order valence-corrected chi connectivity index (χ0v) is 12.4. The minimum Gasteiger partial charge on any atom is -0.364 e. The van der Waals surface area contributed by atoms with Gasteiger partial charge in [0.15, 0.2) is 5.60 Å². The summed E-state index contributed by atoms with van der Waals surface area (Å²) in [6.07, 6.45) is 2.95. The molecule has 1 saturated heterocycles. The van der Waals surface area contributed by atoms with E-state index in [9.17, 15) is 9.18 Å². The topological polar surface area (TPSA) is 38.3 Å². The molecule has 21 heavy (non-hydrogen) atoms. The summed E-state index contributed by atoms with van der Waals surface area (Å²) in [5.41, 5.74) is -0.604. The van der Waals surface area contributed by atoms with Crippen LogP contribution in [0.3, 0.4) is 0 Å². The maximum Gasteiger partial charge on any atom is 0.257 e. The van der Waals surface area contributed by atoms with Gasteiger partial charge in [0.05, 0.1) is 12.3 Å². The van der Waals surface area contributed by atoms with Gasteiger partial charge < -0.3 is 10.1 Å². The summed E-state index contributed by atoms with van der Waals surface area (Å²) in [7, 11) is 0. The first kappa shape index (κ1) is 13.3. The van der Waals surface area contributed by atoms with Crippen molar-refractivity contribution in [1.29, 1.82) is 0 Å². The Hall–Kier alpha value is -1.42. The maximum atomic E-state index is 13.8. The average molecular weight is 289 g/mol. The van der Waals surface area contributed by atoms with Gasteiger partial charge in [-0.1, -0.05) is 26.0 Å². The van der Waals surface area contributed by atoms with E-state index in [4.69, 9.17) is 4.74 Å². The van der Waals surface area contributed by atoms with E-state index in [1.165, 1.54) is 12.5 Å². The van der Waals surface area contributed by atoms with Crippen molar-refractivity contribution < 1.29 is 13.9 Å². The molecule has 112 valence electrons. The van der Waals surface area contributed by atoms with Crippen LogP contribution in [0.5, 0.6) is 0 Å². The van der Waals surface area contributed by atoms with Gasteiger partial charge in [-0.3, -0.25) is 4.79 Å². The summed E-state index contributed by atoms with van der Waals surface area (Å²) in [6, 6.07) is 6.28. The predicted molar refractivity (Wildman–Crippen MR) is 77.3 cm³/mol. The summed E-state index contributed by atoms with van der Waals surface area (Å²) in [5.74, 6) is -0.0417. The third-order valence-electron chi connectivity index (χ3n) is 6.69. The van der Waals surface area contributed by atoms with Gasteiger partial charge >= 0.3 is 0 Å². The number of hydrogen-bond donors (Lipinski definition) is 1. The first-order valence-electron chi connectivity index (χ1n) is 7.63. The molecule has 1 N–H and O–H groups in total. The van der Waals surface area contributed by atoms with Gasteiger partial charge in [-0.25, -0.2) is 4.39 Å². The molecule has 4 rings (SSSR count). The Bertz CT molecular complexity index is 633. The van der Waals surface area contributed by atoms with E-state index in [1.54, 1.807) is 18.2 Å². The highest BCUT2D eigenvalue weighted by molar-refractivity contribution is 5.99. The molecule has 1 aliphatic heterocycles. The summed E-state index contributed by atoms with van der Waals surface area (Å²) in [4.78, 5) is 12.9. The number of ether oxygens (including phenoxy) is 1. The van der Waals surface area contributed by atoms with E-state index in [0.29, 0.717) is 12.5 Å². The van der Waals surface area contributed by atoms with Crippen LogP contribution in [0, 0.1) is 22.6 Å². The second kappa shape index (κ2) is 3.86. The van der Waals surface area contributed by atoms with Crippen molar-refractivity contribution in [2.75, 3.05) is 11.9 Å². The molecule has 3 nitrogen and oxygen atoms in total. The second-order valence-corrected chi connectivity index (χ2v) is 7.24. The molecule has 0 radical (unpaired) electrons. The van der Waals surface area contributed by atoms with Crippen molar-refractivity contribution in [3.05, 3.63) is 30.1 Å². The van der Waals surface area contributed by atoms with Gasteiger partial charge in [0.1, 0.15) is 5.82 Å². The van der Waals surface area contributed by atoms with Crippen LogP contribution in [0.2, 0.25) is 0 Å². The number of anilines is 1. The molecule has 2 aliphatic carbocycles. The number of para-hydroxylation sites is 1. The number of halogens is 1. The van der Waals surface area contributed by atoms with Crippen LogP contribution in [-0.2, 0) is 9.53 Å². The van der Waals surface area contributed by atoms with E-state index < -0.39 is 11.4 Å². The van der Waals surface area contributed by atoms with Crippen molar-refractivity contribution in [2.24, 2.45) is 16.7 Å². The maximum absolute atomic E-state index is 13.8. The van der Waals surface area contributed by atoms with Crippen molar-refractivity contribution in [3.63, 3.8) is 0 Å². The monoisotopic (exact) mass is 289 g/mol. The van der Waals surface area contributed by atoms with Crippen molar-refractivity contribution in [3.8, 4) is 0 Å². The number of rotatable bonds is 2. The van der Waals surface area contributed by atoms with Crippen LogP contribution < -0.4 is 5.32 Å². The Kier molecular flexibility index (Phi) is 2.44. The lowest BCUT2D eigenvalue weighted by Gasteiger charge is -2.40. The zero-order chi connectivity index (χ0) is 14.9. The Morgan fingerprint density at radius 2 is 2.14 bits per heavy atom. The van der Waals surface area contributed by atoms with Crippen molar-refractivity contribution >= 4 is 11.6 Å². The SMILES string of the molecule is C[C@@]12CC[C@H]3C[C@]1(C(=O)Nc1ccccc1F)OC[C@@]32C. The number of carbonyl (C=O) groups excluding carboxylic acids is 1. The van der Waals surface area contributed by atoms with E-state index in [1.807, 2.05) is 0 Å². The fraction of sp³-hybridized carbons (Fsp3) is 0.588. The van der Waals surface area contributed by atoms with E-state index in [0.717, 1.165) is 12.8 Å². The molecule has 4 atom stereocenters. The van der Waals surface area contributed by atoms with E-state index in [2.05, 4.69) is 19.2 Å². The van der Waals surface area contributed by atoms with Gasteiger partial charge in [0, 0.05) is 10.8 Å². The minimum absolute atomic E-state index is 0.0829. The van der Waals surface area contributed by atoms with Crippen molar-refractivity contribution in [1.82, 2.24) is 0 Å². The highest BCUT2D eigenvalue weighted by atomic mass is 19.1. The first-order chi connectivity index (χ1) is 9.93. The smallest absolute Gasteiger partial charge is 0.257 e. The number of benzene rings is 1. The molecule has 1 amide bonds. The third-order valence-corrected chi connectivity index (χ3v) is 6.69. The first-order valence-corrected chi connectivity index (χ1v) is 7.63. The molecule has 0 spiro atoms. The Morgan fingerprint density at radius 1 is 1.38 bits per heavy atom. The van der Waals surface area contributed by atoms with Gasteiger partial charge in [-0.15, -0.1) is 0 Å². The van der Waals surface area contributed by atoms with Gasteiger partial charge in [-0.05, 0) is 37.3 Å². The molecular weight excluding hydrogens is 269 g/mol. The molecule has 2 saturated carbocycles. The normalized spacial score (nSPS) is 43.3. The van der Waals surface area contributed by atoms with Crippen LogP contribution in [0.4, 0.5) is 10.1 Å². The molecule has 1 aromatic rings. The summed E-state index contributed by atoms with van der Waals surface area (Å²) < 4.78 is 19.8. The minimum atomic E-state index is -0.785. The van der Waals surface area contributed by atoms with Crippen molar-refractivity contribution in [2.45, 2.75) is 38.7 Å². The predicted octanol–water partition coefficient (Wildman–Crippen LogP) is 3.36.